The van der Waals surface area contributed by atoms with Crippen molar-refractivity contribution in [2.45, 2.75) is 38.4 Å². The Hall–Kier alpha value is -2.57. The molecule has 148 valence electrons. The molecule has 1 aliphatic rings. The van der Waals surface area contributed by atoms with Gasteiger partial charge in [-0.05, 0) is 30.7 Å². The van der Waals surface area contributed by atoms with Crippen molar-refractivity contribution in [3.63, 3.8) is 0 Å². The maximum atomic E-state index is 12.6. The van der Waals surface area contributed by atoms with Crippen molar-refractivity contribution >= 4 is 39.9 Å². The molecule has 0 fully saturated rings. The van der Waals surface area contributed by atoms with E-state index in [1.807, 2.05) is 6.92 Å². The van der Waals surface area contributed by atoms with Gasteiger partial charge in [0.15, 0.2) is 5.94 Å². The van der Waals surface area contributed by atoms with Crippen LogP contribution in [0.4, 0.5) is 0 Å². The summed E-state index contributed by atoms with van der Waals surface area (Å²) in [5, 5.41) is 12.6. The molecule has 1 aliphatic heterocycles. The normalized spacial score (nSPS) is 19.1. The predicted octanol–water partition coefficient (Wildman–Crippen LogP) is 3.27. The quantitative estimate of drug-likeness (QED) is 0.373. The van der Waals surface area contributed by atoms with E-state index in [4.69, 9.17) is 21.2 Å². The lowest BCUT2D eigenvalue weighted by atomic mass is 9.93. The first kappa shape index (κ1) is 20.2. The lowest BCUT2D eigenvalue weighted by Crippen LogP contribution is -2.30. The fourth-order valence-corrected chi connectivity index (χ4v) is 3.57. The first-order chi connectivity index (χ1) is 13.4. The van der Waals surface area contributed by atoms with Gasteiger partial charge in [0.2, 0.25) is 11.5 Å². The molecule has 3 N–H and O–H groups in total. The minimum Gasteiger partial charge on any atom is -0.446 e. The number of H-pyrrole nitrogens is 1. The van der Waals surface area contributed by atoms with Gasteiger partial charge in [-0.15, -0.1) is 0 Å². The minimum atomic E-state index is -1.84. The largest absolute Gasteiger partial charge is 0.446 e. The number of hydroxylamine groups is 1. The minimum absolute atomic E-state index is 0.117. The van der Waals surface area contributed by atoms with Crippen LogP contribution in [-0.2, 0) is 19.2 Å². The molecule has 1 unspecified atom stereocenters. The van der Waals surface area contributed by atoms with Crippen LogP contribution < -0.4 is 5.48 Å². The highest BCUT2D eigenvalue weighted by Gasteiger charge is 2.48. The Kier molecular flexibility index (Phi) is 5.91. The van der Waals surface area contributed by atoms with Crippen LogP contribution in [0.25, 0.3) is 16.5 Å². The molecule has 0 aliphatic carbocycles. The van der Waals surface area contributed by atoms with Crippen LogP contribution in [0, 0.1) is 0 Å². The molecule has 0 bridgehead atoms. The number of unbranched alkanes of at least 4 members (excludes halogenated alkanes) is 2. The zero-order chi connectivity index (χ0) is 20.3. The number of aliphatic hydroxyl groups is 1. The summed E-state index contributed by atoms with van der Waals surface area (Å²) in [6.07, 6.45) is 2.66. The fourth-order valence-electron chi connectivity index (χ4n) is 3.39. The number of aromatic nitrogens is 1. The SMILES string of the molecule is CCCCCC1(O)OC(=C=O)C(C(=O)NOC)=C1c1cc2cc(Cl)ccc2[nH]1. The molecule has 28 heavy (non-hydrogen) atoms. The number of hydrogen-bond acceptors (Lipinski definition) is 5. The molecule has 0 radical (unpaired) electrons. The molecule has 0 saturated heterocycles. The van der Waals surface area contributed by atoms with Gasteiger partial charge in [-0.1, -0.05) is 31.4 Å². The van der Waals surface area contributed by atoms with E-state index < -0.39 is 11.7 Å². The molecule has 8 heteroatoms. The van der Waals surface area contributed by atoms with Gasteiger partial charge in [-0.25, -0.2) is 10.3 Å². The van der Waals surface area contributed by atoms with Crippen molar-refractivity contribution < 1.29 is 24.3 Å². The van der Waals surface area contributed by atoms with Gasteiger partial charge in [0, 0.05) is 28.0 Å². The van der Waals surface area contributed by atoms with E-state index in [0.29, 0.717) is 17.1 Å². The van der Waals surface area contributed by atoms with Gasteiger partial charge < -0.3 is 14.8 Å². The van der Waals surface area contributed by atoms with Gasteiger partial charge in [0.1, 0.15) is 5.57 Å². The second-order valence-electron chi connectivity index (χ2n) is 6.57. The molecule has 2 heterocycles. The van der Waals surface area contributed by atoms with Crippen LogP contribution in [-0.4, -0.2) is 34.8 Å². The molecule has 2 aromatic rings. The standard InChI is InChI=1S/C20H21ClN2O5/c1-3-4-5-8-20(26)18(17(16(11-24)28-20)19(25)23-27-2)15-10-12-9-13(21)6-7-14(12)22-15/h6-7,9-10,22,26H,3-5,8H2,1-2H3,(H,23,25). The Balaban J connectivity index is 2.19. The van der Waals surface area contributed by atoms with Crippen molar-refractivity contribution in [1.29, 1.82) is 0 Å². The Labute approximate surface area is 166 Å². The van der Waals surface area contributed by atoms with Gasteiger partial charge in [0.25, 0.3) is 5.91 Å². The summed E-state index contributed by atoms with van der Waals surface area (Å²) >= 11 is 6.06. The number of amides is 1. The lowest BCUT2D eigenvalue weighted by Gasteiger charge is -2.25. The molecule has 0 spiro atoms. The molecular formula is C20H21ClN2O5. The molecule has 1 aromatic carbocycles. The number of ether oxygens (including phenoxy) is 1. The summed E-state index contributed by atoms with van der Waals surface area (Å²) in [6.45, 7) is 2.03. The molecule has 0 saturated carbocycles. The number of benzene rings is 1. The number of carbonyl (C=O) groups excluding carboxylic acids is 2. The Morgan fingerprint density at radius 1 is 1.39 bits per heavy atom. The van der Waals surface area contributed by atoms with Crippen LogP contribution in [0.1, 0.15) is 38.3 Å². The van der Waals surface area contributed by atoms with Crippen LogP contribution in [0.15, 0.2) is 35.6 Å². The van der Waals surface area contributed by atoms with Gasteiger partial charge >= 0.3 is 0 Å². The number of nitrogens with one attached hydrogen (secondary N) is 2. The van der Waals surface area contributed by atoms with Gasteiger partial charge in [-0.3, -0.25) is 9.63 Å². The maximum Gasteiger partial charge on any atom is 0.280 e. The molecule has 1 atom stereocenters. The fraction of sp³-hybridized carbons (Fsp3) is 0.350. The highest BCUT2D eigenvalue weighted by molar-refractivity contribution is 6.31. The van der Waals surface area contributed by atoms with E-state index in [9.17, 15) is 14.7 Å². The highest BCUT2D eigenvalue weighted by Crippen LogP contribution is 2.45. The topological polar surface area (TPSA) is 101 Å². The zero-order valence-corrected chi connectivity index (χ0v) is 16.4. The van der Waals surface area contributed by atoms with Crippen LogP contribution >= 0.6 is 11.6 Å². The second kappa shape index (κ2) is 8.20. The summed E-state index contributed by atoms with van der Waals surface area (Å²) in [5.74, 6) is -1.29. The Morgan fingerprint density at radius 2 is 2.18 bits per heavy atom. The van der Waals surface area contributed by atoms with E-state index >= 15 is 0 Å². The number of hydrogen-bond donors (Lipinski definition) is 3. The summed E-state index contributed by atoms with van der Waals surface area (Å²) in [4.78, 5) is 31.9. The Bertz CT molecular complexity index is 990. The number of aromatic amines is 1. The Morgan fingerprint density at radius 3 is 2.86 bits per heavy atom. The third-order valence-corrected chi connectivity index (χ3v) is 4.86. The monoisotopic (exact) mass is 404 g/mol. The predicted molar refractivity (Wildman–Crippen MR) is 105 cm³/mol. The van der Waals surface area contributed by atoms with Crippen molar-refractivity contribution in [2.24, 2.45) is 0 Å². The first-order valence-corrected chi connectivity index (χ1v) is 9.35. The third kappa shape index (κ3) is 3.70. The zero-order valence-electron chi connectivity index (χ0n) is 15.6. The molecule has 1 aromatic heterocycles. The van der Waals surface area contributed by atoms with Crippen molar-refractivity contribution in [1.82, 2.24) is 10.5 Å². The molecule has 7 nitrogen and oxygen atoms in total. The average Bonchev–Trinajstić information content (AvgIpc) is 3.19. The summed E-state index contributed by atoms with van der Waals surface area (Å²) < 4.78 is 5.52. The molecule has 3 rings (SSSR count). The van der Waals surface area contributed by atoms with Gasteiger partial charge in [0.05, 0.1) is 12.7 Å². The van der Waals surface area contributed by atoms with Crippen LogP contribution in [0.5, 0.6) is 0 Å². The third-order valence-electron chi connectivity index (χ3n) is 4.62. The number of carbonyl (C=O) groups is 1. The smallest absolute Gasteiger partial charge is 0.280 e. The number of rotatable bonds is 7. The summed E-state index contributed by atoms with van der Waals surface area (Å²) in [7, 11) is 1.27. The summed E-state index contributed by atoms with van der Waals surface area (Å²) in [6, 6.07) is 7.03. The molecular weight excluding hydrogens is 384 g/mol. The van der Waals surface area contributed by atoms with Gasteiger partial charge in [-0.2, -0.15) is 0 Å². The average molecular weight is 405 g/mol. The number of halogens is 1. The van der Waals surface area contributed by atoms with Crippen molar-refractivity contribution in [3.05, 3.63) is 46.3 Å². The van der Waals surface area contributed by atoms with E-state index in [2.05, 4.69) is 10.5 Å². The van der Waals surface area contributed by atoms with E-state index in [1.165, 1.54) is 7.11 Å². The first-order valence-electron chi connectivity index (χ1n) is 8.97. The number of fused-ring (bicyclic) bond motifs is 1. The highest BCUT2D eigenvalue weighted by atomic mass is 35.5. The van der Waals surface area contributed by atoms with E-state index in [-0.39, 0.29) is 23.3 Å². The summed E-state index contributed by atoms with van der Waals surface area (Å²) in [5.41, 5.74) is 3.44. The maximum absolute atomic E-state index is 12.6. The second-order valence-corrected chi connectivity index (χ2v) is 7.01. The van der Waals surface area contributed by atoms with Crippen molar-refractivity contribution in [3.8, 4) is 0 Å². The lowest BCUT2D eigenvalue weighted by molar-refractivity contribution is -0.128. The molecule has 1 amide bonds. The van der Waals surface area contributed by atoms with E-state index in [0.717, 1.165) is 23.7 Å². The van der Waals surface area contributed by atoms with Crippen LogP contribution in [0.3, 0.4) is 0 Å². The van der Waals surface area contributed by atoms with E-state index in [1.54, 1.807) is 30.2 Å². The van der Waals surface area contributed by atoms with Crippen molar-refractivity contribution in [2.75, 3.05) is 7.11 Å². The van der Waals surface area contributed by atoms with Crippen LogP contribution in [0.2, 0.25) is 5.02 Å².